The summed E-state index contributed by atoms with van der Waals surface area (Å²) in [6.07, 6.45) is 17.4. The zero-order chi connectivity index (χ0) is 20.1. The van der Waals surface area contributed by atoms with Crippen LogP contribution in [0.5, 0.6) is 0 Å². The molecule has 1 aromatic carbocycles. The average Bonchev–Trinajstić information content (AvgIpc) is 3.55. The summed E-state index contributed by atoms with van der Waals surface area (Å²) >= 11 is 0. The first-order chi connectivity index (χ1) is 13.6. The van der Waals surface area contributed by atoms with Crippen molar-refractivity contribution in [2.24, 2.45) is 0 Å². The normalized spacial score (nSPS) is 18.6. The third-order valence-electron chi connectivity index (χ3n) is 6.00. The molecule has 1 aliphatic heterocycles. The van der Waals surface area contributed by atoms with Gasteiger partial charge in [-0.15, -0.1) is 0 Å². The van der Waals surface area contributed by atoms with Gasteiger partial charge in [-0.2, -0.15) is 0 Å². The molecule has 1 aliphatic carbocycles. The SMILES string of the molecule is C=Cc1cc(C(/C=C(\C=C/C)C(=C)N2CCCCC2)=C/C)cc(C)c1C1CC1. The highest BCUT2D eigenvalue weighted by molar-refractivity contribution is 5.78. The van der Waals surface area contributed by atoms with Crippen LogP contribution in [0.1, 0.15) is 74.1 Å². The van der Waals surface area contributed by atoms with E-state index in [-0.39, 0.29) is 0 Å². The molecule has 0 unspecified atom stereocenters. The lowest BCUT2D eigenvalue weighted by Gasteiger charge is -2.31. The summed E-state index contributed by atoms with van der Waals surface area (Å²) < 4.78 is 0. The van der Waals surface area contributed by atoms with E-state index in [9.17, 15) is 0 Å². The highest BCUT2D eigenvalue weighted by atomic mass is 15.1. The number of benzene rings is 1. The van der Waals surface area contributed by atoms with Gasteiger partial charge in [0.05, 0.1) is 0 Å². The maximum Gasteiger partial charge on any atom is 0.0366 e. The van der Waals surface area contributed by atoms with Crippen LogP contribution < -0.4 is 0 Å². The Morgan fingerprint density at radius 1 is 1.11 bits per heavy atom. The van der Waals surface area contributed by atoms with Crippen LogP contribution in [0, 0.1) is 6.92 Å². The zero-order valence-electron chi connectivity index (χ0n) is 17.9. The van der Waals surface area contributed by atoms with Gasteiger partial charge in [0.1, 0.15) is 0 Å². The van der Waals surface area contributed by atoms with Crippen molar-refractivity contribution in [3.63, 3.8) is 0 Å². The first-order valence-corrected chi connectivity index (χ1v) is 10.8. The molecule has 1 saturated heterocycles. The number of allylic oxidation sites excluding steroid dienone is 5. The monoisotopic (exact) mass is 373 g/mol. The van der Waals surface area contributed by atoms with Gasteiger partial charge in [-0.05, 0) is 104 Å². The van der Waals surface area contributed by atoms with Gasteiger partial charge in [-0.3, -0.25) is 0 Å². The van der Waals surface area contributed by atoms with E-state index in [1.165, 1.54) is 65.5 Å². The Balaban J connectivity index is 1.95. The van der Waals surface area contributed by atoms with Crippen molar-refractivity contribution in [3.8, 4) is 0 Å². The van der Waals surface area contributed by atoms with E-state index in [2.05, 4.69) is 75.3 Å². The van der Waals surface area contributed by atoms with Crippen molar-refractivity contribution < 1.29 is 0 Å². The summed E-state index contributed by atoms with van der Waals surface area (Å²) in [5.41, 5.74) is 9.07. The molecule has 0 aromatic heterocycles. The van der Waals surface area contributed by atoms with Crippen LogP contribution in [-0.4, -0.2) is 18.0 Å². The van der Waals surface area contributed by atoms with Crippen LogP contribution in [-0.2, 0) is 0 Å². The molecule has 2 fully saturated rings. The minimum atomic E-state index is 0.740. The number of aryl methyl sites for hydroxylation is 1. The van der Waals surface area contributed by atoms with Crippen molar-refractivity contribution in [2.45, 2.75) is 58.8 Å². The van der Waals surface area contributed by atoms with Crippen molar-refractivity contribution in [3.05, 3.63) is 83.1 Å². The summed E-state index contributed by atoms with van der Waals surface area (Å²) in [7, 11) is 0. The molecule has 0 N–H and O–H groups in total. The molecule has 0 atom stereocenters. The molecule has 2 aliphatic rings. The van der Waals surface area contributed by atoms with Gasteiger partial charge >= 0.3 is 0 Å². The standard InChI is InChI=1S/C27H35N/c1-6-12-25(21(5)28-15-10-9-11-16-28)18-22(7-2)26-17-20(4)27(24-13-14-24)23(8-3)19-26/h6-8,12,17-19,24H,3,5,9-11,13-16H2,1-2,4H3/b12-6-,22-7+,25-18+. The van der Waals surface area contributed by atoms with Crippen LogP contribution in [0.15, 0.2) is 60.9 Å². The van der Waals surface area contributed by atoms with Crippen LogP contribution >= 0.6 is 0 Å². The van der Waals surface area contributed by atoms with Crippen LogP contribution in [0.3, 0.4) is 0 Å². The molecular formula is C27H35N. The van der Waals surface area contributed by atoms with Crippen molar-refractivity contribution in [2.75, 3.05) is 13.1 Å². The Morgan fingerprint density at radius 3 is 2.39 bits per heavy atom. The summed E-state index contributed by atoms with van der Waals surface area (Å²) in [6, 6.07) is 4.67. The fourth-order valence-electron chi connectivity index (χ4n) is 4.35. The molecule has 148 valence electrons. The molecule has 1 nitrogen and oxygen atoms in total. The second-order valence-corrected chi connectivity index (χ2v) is 8.11. The summed E-state index contributed by atoms with van der Waals surface area (Å²) in [5.74, 6) is 0.740. The molecule has 0 amide bonds. The quantitative estimate of drug-likeness (QED) is 0.449. The first kappa shape index (κ1) is 20.5. The molecular weight excluding hydrogens is 338 g/mol. The molecule has 0 radical (unpaired) electrons. The lowest BCUT2D eigenvalue weighted by Crippen LogP contribution is -2.29. The number of hydrogen-bond acceptors (Lipinski definition) is 1. The largest absolute Gasteiger partial charge is 0.372 e. The number of piperidine rings is 1. The van der Waals surface area contributed by atoms with Gasteiger partial charge in [0.25, 0.3) is 0 Å². The lowest BCUT2D eigenvalue weighted by molar-refractivity contribution is 0.292. The van der Waals surface area contributed by atoms with E-state index in [4.69, 9.17) is 0 Å². The Bertz CT molecular complexity index is 824. The predicted octanol–water partition coefficient (Wildman–Crippen LogP) is 7.42. The Labute approximate surface area is 171 Å². The molecule has 1 aromatic rings. The maximum absolute atomic E-state index is 4.44. The minimum absolute atomic E-state index is 0.740. The van der Waals surface area contributed by atoms with Gasteiger partial charge in [0, 0.05) is 18.8 Å². The number of rotatable bonds is 7. The zero-order valence-corrected chi connectivity index (χ0v) is 17.9. The van der Waals surface area contributed by atoms with Gasteiger partial charge in [-0.25, -0.2) is 0 Å². The van der Waals surface area contributed by atoms with Gasteiger partial charge in [0.15, 0.2) is 0 Å². The molecule has 1 heteroatoms. The average molecular weight is 374 g/mol. The van der Waals surface area contributed by atoms with E-state index in [0.717, 1.165) is 24.7 Å². The van der Waals surface area contributed by atoms with E-state index in [1.54, 1.807) is 0 Å². The highest BCUT2D eigenvalue weighted by Gasteiger charge is 2.27. The van der Waals surface area contributed by atoms with E-state index < -0.39 is 0 Å². The Kier molecular flexibility index (Phi) is 6.78. The van der Waals surface area contributed by atoms with E-state index in [0.29, 0.717) is 0 Å². The molecule has 1 saturated carbocycles. The van der Waals surface area contributed by atoms with E-state index in [1.807, 2.05) is 6.08 Å². The third-order valence-corrected chi connectivity index (χ3v) is 6.00. The molecule has 3 rings (SSSR count). The number of likely N-dealkylation sites (tertiary alicyclic amines) is 1. The van der Waals surface area contributed by atoms with Gasteiger partial charge in [0.2, 0.25) is 0 Å². The van der Waals surface area contributed by atoms with Crippen molar-refractivity contribution >= 4 is 11.6 Å². The molecule has 1 heterocycles. The Morgan fingerprint density at radius 2 is 1.82 bits per heavy atom. The topological polar surface area (TPSA) is 3.24 Å². The van der Waals surface area contributed by atoms with Gasteiger partial charge in [-0.1, -0.05) is 43.5 Å². The third kappa shape index (κ3) is 4.58. The molecule has 0 spiro atoms. The van der Waals surface area contributed by atoms with Gasteiger partial charge < -0.3 is 4.90 Å². The smallest absolute Gasteiger partial charge is 0.0366 e. The first-order valence-electron chi connectivity index (χ1n) is 10.8. The molecule has 28 heavy (non-hydrogen) atoms. The molecule has 0 bridgehead atoms. The number of nitrogens with zero attached hydrogens (tertiary/aromatic N) is 1. The summed E-state index contributed by atoms with van der Waals surface area (Å²) in [4.78, 5) is 2.44. The Hall–Kier alpha value is -2.28. The van der Waals surface area contributed by atoms with Crippen LogP contribution in [0.2, 0.25) is 0 Å². The maximum atomic E-state index is 4.44. The second kappa shape index (κ2) is 9.28. The fraction of sp³-hybridized carbons (Fsp3) is 0.407. The van der Waals surface area contributed by atoms with Crippen LogP contribution in [0.25, 0.3) is 11.6 Å². The highest BCUT2D eigenvalue weighted by Crippen LogP contribution is 2.44. The minimum Gasteiger partial charge on any atom is -0.372 e. The second-order valence-electron chi connectivity index (χ2n) is 8.11. The van der Waals surface area contributed by atoms with Crippen molar-refractivity contribution in [1.29, 1.82) is 0 Å². The summed E-state index contributed by atoms with van der Waals surface area (Å²) in [5, 5.41) is 0. The van der Waals surface area contributed by atoms with Crippen LogP contribution in [0.4, 0.5) is 0 Å². The van der Waals surface area contributed by atoms with E-state index >= 15 is 0 Å². The van der Waals surface area contributed by atoms with Crippen molar-refractivity contribution in [1.82, 2.24) is 4.90 Å². The fourth-order valence-corrected chi connectivity index (χ4v) is 4.35. The lowest BCUT2D eigenvalue weighted by atomic mass is 9.91. The summed E-state index contributed by atoms with van der Waals surface area (Å²) in [6.45, 7) is 17.2. The number of hydrogen-bond donors (Lipinski definition) is 0. The predicted molar refractivity (Wildman–Crippen MR) is 124 cm³/mol.